The van der Waals surface area contributed by atoms with Gasteiger partial charge < -0.3 is 15.3 Å². The molecule has 110 valence electrons. The Morgan fingerprint density at radius 1 is 1.40 bits per heavy atom. The van der Waals surface area contributed by atoms with Crippen LogP contribution in [0.5, 0.6) is 0 Å². The molecule has 0 aromatic heterocycles. The van der Waals surface area contributed by atoms with Crippen LogP contribution in [0.4, 0.5) is 14.5 Å². The molecule has 20 heavy (non-hydrogen) atoms. The van der Waals surface area contributed by atoms with Gasteiger partial charge in [-0.3, -0.25) is 4.79 Å². The fraction of sp³-hybridized carbons (Fsp3) is 0.500. The predicted molar refractivity (Wildman–Crippen MR) is 71.7 cm³/mol. The van der Waals surface area contributed by atoms with E-state index in [2.05, 4.69) is 5.32 Å². The lowest BCUT2D eigenvalue weighted by molar-refractivity contribution is 0.0525. The van der Waals surface area contributed by atoms with Gasteiger partial charge in [-0.05, 0) is 31.4 Å². The van der Waals surface area contributed by atoms with Crippen molar-refractivity contribution in [2.45, 2.75) is 25.3 Å². The number of anilines is 1. The van der Waals surface area contributed by atoms with Gasteiger partial charge in [0.2, 0.25) is 0 Å². The second-order valence-electron chi connectivity index (χ2n) is 4.87. The van der Waals surface area contributed by atoms with Gasteiger partial charge in [-0.25, -0.2) is 8.78 Å². The van der Waals surface area contributed by atoms with Crippen LogP contribution in [0.15, 0.2) is 12.1 Å². The van der Waals surface area contributed by atoms with E-state index >= 15 is 0 Å². The van der Waals surface area contributed by atoms with Gasteiger partial charge in [0.25, 0.3) is 5.91 Å². The number of carbonyl (C=O) groups is 1. The maximum Gasteiger partial charge on any atom is 0.254 e. The summed E-state index contributed by atoms with van der Waals surface area (Å²) < 4.78 is 27.4. The van der Waals surface area contributed by atoms with E-state index in [0.29, 0.717) is 0 Å². The van der Waals surface area contributed by atoms with Crippen LogP contribution in [-0.2, 0) is 0 Å². The lowest BCUT2D eigenvalue weighted by Gasteiger charge is -2.37. The van der Waals surface area contributed by atoms with E-state index in [-0.39, 0.29) is 30.4 Å². The van der Waals surface area contributed by atoms with E-state index in [1.807, 2.05) is 0 Å². The molecule has 2 rings (SSSR count). The normalized spacial score (nSPS) is 14.8. The summed E-state index contributed by atoms with van der Waals surface area (Å²) in [6, 6.07) is 2.12. The van der Waals surface area contributed by atoms with Crippen molar-refractivity contribution in [3.8, 4) is 0 Å². The standard InChI is InChI=1S/C14H18F2N2O2/c1-17-13-11(15)7-9(8-12(13)16)14(20)18(5-6-19)10-3-2-4-10/h7-8,10,17,19H,2-6H2,1H3. The number of aliphatic hydroxyl groups excluding tert-OH is 1. The first kappa shape index (κ1) is 14.7. The summed E-state index contributed by atoms with van der Waals surface area (Å²) in [5.74, 6) is -2.04. The lowest BCUT2D eigenvalue weighted by atomic mass is 9.91. The van der Waals surface area contributed by atoms with E-state index in [1.165, 1.54) is 11.9 Å². The lowest BCUT2D eigenvalue weighted by Crippen LogP contribution is -2.45. The summed E-state index contributed by atoms with van der Waals surface area (Å²) in [4.78, 5) is 13.8. The van der Waals surface area contributed by atoms with Crippen molar-refractivity contribution in [2.75, 3.05) is 25.5 Å². The molecule has 0 atom stereocenters. The topological polar surface area (TPSA) is 52.6 Å². The van der Waals surface area contributed by atoms with Crippen molar-refractivity contribution in [2.24, 2.45) is 0 Å². The van der Waals surface area contributed by atoms with Crippen LogP contribution in [0.25, 0.3) is 0 Å². The summed E-state index contributed by atoms with van der Waals surface area (Å²) in [7, 11) is 1.41. The third kappa shape index (κ3) is 2.75. The van der Waals surface area contributed by atoms with Crippen molar-refractivity contribution >= 4 is 11.6 Å². The summed E-state index contributed by atoms with van der Waals surface area (Å²) in [6.45, 7) is 0.0162. The van der Waals surface area contributed by atoms with Crippen molar-refractivity contribution in [3.63, 3.8) is 0 Å². The molecule has 0 spiro atoms. The number of rotatable bonds is 5. The molecule has 1 saturated carbocycles. The number of aliphatic hydroxyl groups is 1. The molecule has 1 aromatic rings. The number of halogens is 2. The highest BCUT2D eigenvalue weighted by Crippen LogP contribution is 2.27. The van der Waals surface area contributed by atoms with Gasteiger partial charge in [0.05, 0.1) is 6.61 Å². The fourth-order valence-electron chi connectivity index (χ4n) is 2.36. The molecule has 0 saturated heterocycles. The Morgan fingerprint density at radius 2 is 2.00 bits per heavy atom. The fourth-order valence-corrected chi connectivity index (χ4v) is 2.36. The van der Waals surface area contributed by atoms with Gasteiger partial charge in [0.15, 0.2) is 0 Å². The van der Waals surface area contributed by atoms with Gasteiger partial charge >= 0.3 is 0 Å². The maximum atomic E-state index is 13.7. The minimum atomic E-state index is -0.798. The molecule has 1 fully saturated rings. The van der Waals surface area contributed by atoms with Gasteiger partial charge in [-0.2, -0.15) is 0 Å². The highest BCUT2D eigenvalue weighted by Gasteiger charge is 2.29. The number of amides is 1. The second-order valence-corrected chi connectivity index (χ2v) is 4.87. The molecule has 0 radical (unpaired) electrons. The Morgan fingerprint density at radius 3 is 2.40 bits per heavy atom. The number of hydrogen-bond acceptors (Lipinski definition) is 3. The Labute approximate surface area is 116 Å². The molecule has 1 aliphatic carbocycles. The minimum Gasteiger partial charge on any atom is -0.395 e. The van der Waals surface area contributed by atoms with Crippen molar-refractivity contribution in [3.05, 3.63) is 29.3 Å². The molecule has 0 bridgehead atoms. The van der Waals surface area contributed by atoms with Crippen LogP contribution in [0.2, 0.25) is 0 Å². The average Bonchev–Trinajstić information content (AvgIpc) is 2.35. The predicted octanol–water partition coefficient (Wildman–Crippen LogP) is 1.99. The molecule has 1 amide bonds. The van der Waals surface area contributed by atoms with Crippen LogP contribution in [0.3, 0.4) is 0 Å². The zero-order chi connectivity index (χ0) is 14.7. The van der Waals surface area contributed by atoms with E-state index in [4.69, 9.17) is 5.11 Å². The zero-order valence-corrected chi connectivity index (χ0v) is 11.3. The summed E-state index contributed by atoms with van der Waals surface area (Å²) in [5.41, 5.74) is -0.279. The Balaban J connectivity index is 2.26. The molecule has 0 heterocycles. The smallest absolute Gasteiger partial charge is 0.254 e. The SMILES string of the molecule is CNc1c(F)cc(C(=O)N(CCO)C2CCC2)cc1F. The van der Waals surface area contributed by atoms with Gasteiger partial charge in [-0.1, -0.05) is 0 Å². The van der Waals surface area contributed by atoms with E-state index in [0.717, 1.165) is 31.4 Å². The highest BCUT2D eigenvalue weighted by atomic mass is 19.1. The monoisotopic (exact) mass is 284 g/mol. The number of benzene rings is 1. The first-order chi connectivity index (χ1) is 9.58. The zero-order valence-electron chi connectivity index (χ0n) is 11.3. The first-order valence-corrected chi connectivity index (χ1v) is 6.67. The molecule has 4 nitrogen and oxygen atoms in total. The molecule has 0 unspecified atom stereocenters. The van der Waals surface area contributed by atoms with E-state index < -0.39 is 17.5 Å². The summed E-state index contributed by atoms with van der Waals surface area (Å²) in [5, 5.41) is 11.5. The Bertz CT molecular complexity index is 481. The maximum absolute atomic E-state index is 13.7. The molecular formula is C14H18F2N2O2. The molecule has 0 aliphatic heterocycles. The van der Waals surface area contributed by atoms with Gasteiger partial charge in [0, 0.05) is 25.2 Å². The Kier molecular flexibility index (Phi) is 4.54. The quantitative estimate of drug-likeness (QED) is 0.869. The van der Waals surface area contributed by atoms with Crippen LogP contribution in [0.1, 0.15) is 29.6 Å². The molecule has 1 aliphatic rings. The van der Waals surface area contributed by atoms with E-state index in [1.54, 1.807) is 0 Å². The number of carbonyl (C=O) groups excluding carboxylic acids is 1. The molecular weight excluding hydrogens is 266 g/mol. The largest absolute Gasteiger partial charge is 0.395 e. The minimum absolute atomic E-state index is 0.0284. The van der Waals surface area contributed by atoms with Crippen LogP contribution >= 0.6 is 0 Å². The van der Waals surface area contributed by atoms with Crippen LogP contribution in [-0.4, -0.2) is 42.2 Å². The molecule has 1 aromatic carbocycles. The van der Waals surface area contributed by atoms with Gasteiger partial charge in [-0.15, -0.1) is 0 Å². The number of nitrogens with zero attached hydrogens (tertiary/aromatic N) is 1. The third-order valence-electron chi connectivity index (χ3n) is 3.66. The third-order valence-corrected chi connectivity index (χ3v) is 3.66. The van der Waals surface area contributed by atoms with Crippen molar-refractivity contribution < 1.29 is 18.7 Å². The first-order valence-electron chi connectivity index (χ1n) is 6.67. The highest BCUT2D eigenvalue weighted by molar-refractivity contribution is 5.95. The summed E-state index contributed by atoms with van der Waals surface area (Å²) in [6.07, 6.45) is 2.76. The van der Waals surface area contributed by atoms with Crippen LogP contribution < -0.4 is 5.32 Å². The van der Waals surface area contributed by atoms with Crippen LogP contribution in [0, 0.1) is 11.6 Å². The second kappa shape index (κ2) is 6.17. The molecule has 6 heteroatoms. The van der Waals surface area contributed by atoms with Crippen molar-refractivity contribution in [1.82, 2.24) is 4.90 Å². The number of nitrogens with one attached hydrogen (secondary N) is 1. The van der Waals surface area contributed by atoms with Crippen molar-refractivity contribution in [1.29, 1.82) is 0 Å². The van der Waals surface area contributed by atoms with E-state index in [9.17, 15) is 13.6 Å². The Hall–Kier alpha value is -1.69. The average molecular weight is 284 g/mol. The molecule has 2 N–H and O–H groups in total. The number of hydrogen-bond donors (Lipinski definition) is 2. The summed E-state index contributed by atoms with van der Waals surface area (Å²) >= 11 is 0. The van der Waals surface area contributed by atoms with Gasteiger partial charge in [0.1, 0.15) is 17.3 Å².